The van der Waals surface area contributed by atoms with Crippen LogP contribution in [-0.4, -0.2) is 48.9 Å². The zero-order valence-electron chi connectivity index (χ0n) is 25.2. The SMILES string of the molecule is O=C1N(c2ccc(Br)cc2)CCC12Cc1ccccc1O2.O=C1N(c2ccc(C3=CCN=C3)cc2)CCC12Cc1ccccc1O2. The Balaban J connectivity index is 0.000000138. The highest BCUT2D eigenvalue weighted by atomic mass is 79.9. The van der Waals surface area contributed by atoms with Crippen molar-refractivity contribution in [3.05, 3.63) is 124 Å². The third kappa shape index (κ3) is 4.92. The van der Waals surface area contributed by atoms with E-state index in [1.807, 2.05) is 101 Å². The molecular formula is C38H32BrN3O4. The van der Waals surface area contributed by atoms with Crippen molar-refractivity contribution in [2.24, 2.45) is 4.99 Å². The number of allylic oxidation sites excluding steroid dienone is 1. The number of para-hydroxylation sites is 2. The van der Waals surface area contributed by atoms with Gasteiger partial charge in [0, 0.05) is 60.8 Å². The Bertz CT molecular complexity index is 1850. The molecule has 0 bridgehead atoms. The van der Waals surface area contributed by atoms with E-state index < -0.39 is 11.2 Å². The van der Waals surface area contributed by atoms with E-state index in [0.717, 1.165) is 69.0 Å². The normalized spacial score (nSPS) is 23.7. The summed E-state index contributed by atoms with van der Waals surface area (Å²) in [5.41, 5.74) is 4.98. The van der Waals surface area contributed by atoms with Gasteiger partial charge in [0.1, 0.15) is 11.5 Å². The average Bonchev–Trinajstić information content (AvgIpc) is 3.91. The van der Waals surface area contributed by atoms with Crippen molar-refractivity contribution in [3.8, 4) is 11.5 Å². The van der Waals surface area contributed by atoms with Crippen molar-refractivity contribution in [2.45, 2.75) is 36.9 Å². The molecule has 2 spiro atoms. The Morgan fingerprint density at radius 3 is 1.63 bits per heavy atom. The van der Waals surface area contributed by atoms with E-state index in [1.54, 1.807) is 0 Å². The molecule has 5 aliphatic rings. The summed E-state index contributed by atoms with van der Waals surface area (Å²) in [5, 5.41) is 0. The molecule has 4 aromatic carbocycles. The molecule has 5 aliphatic heterocycles. The lowest BCUT2D eigenvalue weighted by molar-refractivity contribution is -0.129. The standard InChI is InChI=1S/C21H18N2O2.C17H14BrNO2/c24-20-21(13-16-3-1-2-4-19(16)25-21)10-12-23(20)18-7-5-15(6-8-18)17-9-11-22-14-17;18-13-5-7-14(8-6-13)19-10-9-17(16(19)20)11-12-3-1-2-4-15(12)21-17/h1-9,14H,10-13H2;1-8H,9-11H2. The van der Waals surface area contributed by atoms with Crippen LogP contribution in [0.4, 0.5) is 11.4 Å². The van der Waals surface area contributed by atoms with E-state index in [0.29, 0.717) is 25.9 Å². The Morgan fingerprint density at radius 1 is 0.652 bits per heavy atom. The van der Waals surface area contributed by atoms with Gasteiger partial charge in [-0.3, -0.25) is 14.6 Å². The predicted octanol–water partition coefficient (Wildman–Crippen LogP) is 6.82. The summed E-state index contributed by atoms with van der Waals surface area (Å²) in [6.07, 6.45) is 6.80. The zero-order chi connectivity index (χ0) is 31.3. The van der Waals surface area contributed by atoms with Crippen LogP contribution in [0, 0.1) is 0 Å². The average molecular weight is 675 g/mol. The van der Waals surface area contributed by atoms with E-state index in [-0.39, 0.29) is 11.8 Å². The predicted molar refractivity (Wildman–Crippen MR) is 183 cm³/mol. The molecule has 2 unspecified atom stereocenters. The minimum Gasteiger partial charge on any atom is -0.477 e. The maximum Gasteiger partial charge on any atom is 0.271 e. The summed E-state index contributed by atoms with van der Waals surface area (Å²) < 4.78 is 13.2. The van der Waals surface area contributed by atoms with Gasteiger partial charge in [-0.15, -0.1) is 0 Å². The molecule has 4 aromatic rings. The third-order valence-electron chi connectivity index (χ3n) is 9.55. The number of amides is 2. The lowest BCUT2D eigenvalue weighted by atomic mass is 9.95. The van der Waals surface area contributed by atoms with E-state index >= 15 is 0 Å². The van der Waals surface area contributed by atoms with Crippen molar-refractivity contribution in [1.29, 1.82) is 0 Å². The highest BCUT2D eigenvalue weighted by molar-refractivity contribution is 9.10. The van der Waals surface area contributed by atoms with Crippen molar-refractivity contribution < 1.29 is 19.1 Å². The minimum atomic E-state index is -0.719. The van der Waals surface area contributed by atoms with Gasteiger partial charge in [-0.2, -0.15) is 0 Å². The lowest BCUT2D eigenvalue weighted by Crippen LogP contribution is -2.44. The summed E-state index contributed by atoms with van der Waals surface area (Å²) >= 11 is 3.42. The number of hydrogen-bond donors (Lipinski definition) is 0. The number of benzene rings is 4. The monoisotopic (exact) mass is 673 g/mol. The van der Waals surface area contributed by atoms with Crippen LogP contribution in [0.1, 0.15) is 29.5 Å². The second-order valence-electron chi connectivity index (χ2n) is 12.4. The molecule has 2 saturated heterocycles. The molecule has 2 fully saturated rings. The van der Waals surface area contributed by atoms with Crippen molar-refractivity contribution in [1.82, 2.24) is 0 Å². The summed E-state index contributed by atoms with van der Waals surface area (Å²) in [5.74, 6) is 1.84. The molecular weight excluding hydrogens is 642 g/mol. The highest BCUT2D eigenvalue weighted by Gasteiger charge is 2.54. The summed E-state index contributed by atoms with van der Waals surface area (Å²) in [4.78, 5) is 33.9. The molecule has 5 heterocycles. The molecule has 2 atom stereocenters. The fourth-order valence-corrected chi connectivity index (χ4v) is 7.38. The van der Waals surface area contributed by atoms with Crippen LogP contribution in [0.5, 0.6) is 11.5 Å². The first-order valence-corrected chi connectivity index (χ1v) is 16.5. The molecule has 0 aromatic heterocycles. The van der Waals surface area contributed by atoms with Gasteiger partial charge in [-0.25, -0.2) is 0 Å². The smallest absolute Gasteiger partial charge is 0.271 e. The molecule has 230 valence electrons. The summed E-state index contributed by atoms with van der Waals surface area (Å²) in [7, 11) is 0. The van der Waals surface area contributed by atoms with Crippen molar-refractivity contribution in [2.75, 3.05) is 29.4 Å². The number of carbonyl (C=O) groups is 2. The quantitative estimate of drug-likeness (QED) is 0.239. The van der Waals surface area contributed by atoms with Gasteiger partial charge in [-0.05, 0) is 70.8 Å². The maximum absolute atomic E-state index is 13.1. The Labute approximate surface area is 276 Å². The van der Waals surface area contributed by atoms with E-state index in [2.05, 4.69) is 39.1 Å². The maximum atomic E-state index is 13.1. The van der Waals surface area contributed by atoms with Crippen LogP contribution in [0.2, 0.25) is 0 Å². The second-order valence-corrected chi connectivity index (χ2v) is 13.3. The zero-order valence-corrected chi connectivity index (χ0v) is 26.8. The first-order valence-electron chi connectivity index (χ1n) is 15.7. The number of ether oxygens (including phenoxy) is 2. The van der Waals surface area contributed by atoms with Crippen LogP contribution in [-0.2, 0) is 22.4 Å². The van der Waals surface area contributed by atoms with Gasteiger partial charge >= 0.3 is 0 Å². The molecule has 8 heteroatoms. The van der Waals surface area contributed by atoms with E-state index in [4.69, 9.17) is 9.47 Å². The number of halogens is 1. The second kappa shape index (κ2) is 11.3. The van der Waals surface area contributed by atoms with Crippen LogP contribution in [0.25, 0.3) is 5.57 Å². The number of rotatable bonds is 3. The van der Waals surface area contributed by atoms with Gasteiger partial charge in [0.2, 0.25) is 0 Å². The third-order valence-corrected chi connectivity index (χ3v) is 10.1. The molecule has 46 heavy (non-hydrogen) atoms. The van der Waals surface area contributed by atoms with Gasteiger partial charge in [0.25, 0.3) is 11.8 Å². The number of hydrogen-bond acceptors (Lipinski definition) is 5. The van der Waals surface area contributed by atoms with Crippen LogP contribution in [0.3, 0.4) is 0 Å². The molecule has 7 nitrogen and oxygen atoms in total. The Kier molecular flexibility index (Phi) is 7.05. The molecule has 0 radical (unpaired) electrons. The number of aliphatic imine (C=N–C) groups is 1. The van der Waals surface area contributed by atoms with Crippen LogP contribution in [0.15, 0.2) is 113 Å². The number of fused-ring (bicyclic) bond motifs is 2. The summed E-state index contributed by atoms with van der Waals surface area (Å²) in [6, 6.07) is 31.9. The first kappa shape index (κ1) is 28.8. The molecule has 0 saturated carbocycles. The molecule has 9 rings (SSSR count). The fraction of sp³-hybridized carbons (Fsp3) is 0.237. The minimum absolute atomic E-state index is 0.0677. The molecule has 0 N–H and O–H groups in total. The van der Waals surface area contributed by atoms with E-state index in [9.17, 15) is 9.59 Å². The van der Waals surface area contributed by atoms with E-state index in [1.165, 1.54) is 0 Å². The lowest BCUT2D eigenvalue weighted by Gasteiger charge is -2.23. The molecule has 0 aliphatic carbocycles. The van der Waals surface area contributed by atoms with Gasteiger partial charge in [-0.1, -0.05) is 70.5 Å². The Morgan fingerprint density at radius 2 is 1.15 bits per heavy atom. The summed E-state index contributed by atoms with van der Waals surface area (Å²) in [6.45, 7) is 2.15. The number of carbonyl (C=O) groups excluding carboxylic acids is 2. The number of anilines is 2. The molecule has 2 amide bonds. The van der Waals surface area contributed by atoms with Crippen LogP contribution < -0.4 is 19.3 Å². The van der Waals surface area contributed by atoms with Crippen LogP contribution >= 0.6 is 15.9 Å². The topological polar surface area (TPSA) is 71.4 Å². The highest BCUT2D eigenvalue weighted by Crippen LogP contribution is 2.43. The van der Waals surface area contributed by atoms with Crippen molar-refractivity contribution >= 4 is 50.9 Å². The van der Waals surface area contributed by atoms with Gasteiger partial charge in [0.15, 0.2) is 11.2 Å². The van der Waals surface area contributed by atoms with Gasteiger partial charge < -0.3 is 19.3 Å². The van der Waals surface area contributed by atoms with Gasteiger partial charge in [0.05, 0.1) is 6.54 Å². The largest absolute Gasteiger partial charge is 0.477 e. The Hall–Kier alpha value is -4.69. The van der Waals surface area contributed by atoms with Crippen molar-refractivity contribution in [3.63, 3.8) is 0 Å². The number of nitrogens with zero attached hydrogens (tertiary/aromatic N) is 3. The first-order chi connectivity index (χ1) is 22.4. The fourth-order valence-electron chi connectivity index (χ4n) is 7.11.